The van der Waals surface area contributed by atoms with Crippen LogP contribution in [0.15, 0.2) is 24.3 Å². The highest BCUT2D eigenvalue weighted by Gasteiger charge is 1.97. The first kappa shape index (κ1) is 10.4. The van der Waals surface area contributed by atoms with Gasteiger partial charge in [-0.05, 0) is 12.1 Å². The van der Waals surface area contributed by atoms with Gasteiger partial charge in [0.25, 0.3) is 0 Å². The van der Waals surface area contributed by atoms with Crippen molar-refractivity contribution in [1.82, 2.24) is 0 Å². The number of anilines is 1. The predicted molar refractivity (Wildman–Crippen MR) is 56.3 cm³/mol. The van der Waals surface area contributed by atoms with E-state index in [1.165, 1.54) is 0 Å². The van der Waals surface area contributed by atoms with Crippen molar-refractivity contribution in [3.63, 3.8) is 0 Å². The van der Waals surface area contributed by atoms with Crippen molar-refractivity contribution in [2.24, 2.45) is 0 Å². The Bertz CT molecular complexity index is 339. The number of methoxy groups -OCH3 is 1. The van der Waals surface area contributed by atoms with Crippen LogP contribution in [0.5, 0.6) is 5.75 Å². The topological polar surface area (TPSA) is 41.5 Å². The van der Waals surface area contributed by atoms with Gasteiger partial charge in [-0.15, -0.1) is 0 Å². The Balaban J connectivity index is 2.57. The molecule has 0 saturated carbocycles. The molecule has 0 bridgehead atoms. The Hall–Kier alpha value is -1.66. The highest BCUT2D eigenvalue weighted by Crippen LogP contribution is 2.22. The minimum Gasteiger partial charge on any atom is -0.495 e. The lowest BCUT2D eigenvalue weighted by Crippen LogP contribution is -2.00. The third kappa shape index (κ3) is 3.00. The van der Waals surface area contributed by atoms with Gasteiger partial charge in [0.05, 0.1) is 19.3 Å². The summed E-state index contributed by atoms with van der Waals surface area (Å²) in [7, 11) is 1.62. The number of ether oxygens (including phenoxy) is 1. The summed E-state index contributed by atoms with van der Waals surface area (Å²) in [5.74, 6) is 6.12. The predicted octanol–water partition coefficient (Wildman–Crippen LogP) is 1.10. The Morgan fingerprint density at radius 2 is 2.14 bits per heavy atom. The third-order valence-corrected chi connectivity index (χ3v) is 1.68. The molecular weight excluding hydrogens is 178 g/mol. The fourth-order valence-electron chi connectivity index (χ4n) is 1.05. The molecule has 74 valence electrons. The maximum absolute atomic E-state index is 8.44. The molecule has 3 nitrogen and oxygen atoms in total. The molecule has 1 aromatic rings. The molecular formula is C11H13NO2. The van der Waals surface area contributed by atoms with E-state index >= 15 is 0 Å². The summed E-state index contributed by atoms with van der Waals surface area (Å²) in [6.07, 6.45) is 0. The van der Waals surface area contributed by atoms with E-state index < -0.39 is 0 Å². The molecule has 0 aliphatic rings. The fraction of sp³-hybridized carbons (Fsp3) is 0.273. The maximum Gasteiger partial charge on any atom is 0.141 e. The number of aliphatic hydroxyl groups is 1. The average Bonchev–Trinajstić information content (AvgIpc) is 2.25. The quantitative estimate of drug-likeness (QED) is 0.703. The van der Waals surface area contributed by atoms with Gasteiger partial charge < -0.3 is 15.2 Å². The minimum atomic E-state index is -0.104. The summed E-state index contributed by atoms with van der Waals surface area (Å²) < 4.78 is 5.14. The maximum atomic E-state index is 8.44. The molecule has 0 unspecified atom stereocenters. The van der Waals surface area contributed by atoms with Gasteiger partial charge in [0, 0.05) is 0 Å². The molecule has 1 aromatic carbocycles. The number of hydrogen-bond donors (Lipinski definition) is 2. The van der Waals surface area contributed by atoms with E-state index in [0.717, 1.165) is 11.4 Å². The van der Waals surface area contributed by atoms with Crippen LogP contribution in [0, 0.1) is 11.8 Å². The van der Waals surface area contributed by atoms with Crippen LogP contribution in [0.3, 0.4) is 0 Å². The van der Waals surface area contributed by atoms with Crippen LogP contribution in [-0.4, -0.2) is 25.4 Å². The van der Waals surface area contributed by atoms with E-state index in [1.54, 1.807) is 7.11 Å². The van der Waals surface area contributed by atoms with Crippen LogP contribution in [0.2, 0.25) is 0 Å². The van der Waals surface area contributed by atoms with E-state index in [-0.39, 0.29) is 6.61 Å². The Kier molecular flexibility index (Phi) is 4.39. The normalized spacial score (nSPS) is 8.71. The zero-order valence-electron chi connectivity index (χ0n) is 8.08. The average molecular weight is 191 g/mol. The molecule has 0 aliphatic carbocycles. The number of rotatable bonds is 3. The molecule has 0 saturated heterocycles. The second-order valence-corrected chi connectivity index (χ2v) is 2.57. The summed E-state index contributed by atoms with van der Waals surface area (Å²) in [4.78, 5) is 0. The number of nitrogens with one attached hydrogen (secondary N) is 1. The van der Waals surface area contributed by atoms with Gasteiger partial charge in [-0.3, -0.25) is 0 Å². The highest BCUT2D eigenvalue weighted by atomic mass is 16.5. The molecule has 0 aliphatic heterocycles. The largest absolute Gasteiger partial charge is 0.495 e. The first-order valence-corrected chi connectivity index (χ1v) is 4.32. The third-order valence-electron chi connectivity index (χ3n) is 1.68. The van der Waals surface area contributed by atoms with Gasteiger partial charge in [0.1, 0.15) is 12.4 Å². The van der Waals surface area contributed by atoms with Crippen molar-refractivity contribution in [3.05, 3.63) is 24.3 Å². The SMILES string of the molecule is COc1ccccc1NCC#CCO. The summed E-state index contributed by atoms with van der Waals surface area (Å²) in [5.41, 5.74) is 0.905. The summed E-state index contributed by atoms with van der Waals surface area (Å²) >= 11 is 0. The monoisotopic (exact) mass is 191 g/mol. The Morgan fingerprint density at radius 3 is 2.86 bits per heavy atom. The number of aliphatic hydroxyl groups excluding tert-OH is 1. The Morgan fingerprint density at radius 1 is 1.36 bits per heavy atom. The molecule has 0 heterocycles. The molecule has 0 amide bonds. The van der Waals surface area contributed by atoms with Crippen molar-refractivity contribution >= 4 is 5.69 Å². The molecule has 0 atom stereocenters. The van der Waals surface area contributed by atoms with Gasteiger partial charge in [0.15, 0.2) is 0 Å². The zero-order chi connectivity index (χ0) is 10.2. The zero-order valence-corrected chi connectivity index (χ0v) is 8.08. The van der Waals surface area contributed by atoms with E-state index in [1.807, 2.05) is 24.3 Å². The van der Waals surface area contributed by atoms with Crippen molar-refractivity contribution in [2.45, 2.75) is 0 Å². The van der Waals surface area contributed by atoms with Crippen LogP contribution < -0.4 is 10.1 Å². The van der Waals surface area contributed by atoms with Crippen LogP contribution in [0.4, 0.5) is 5.69 Å². The van der Waals surface area contributed by atoms with Crippen LogP contribution in [0.25, 0.3) is 0 Å². The second kappa shape index (κ2) is 5.90. The van der Waals surface area contributed by atoms with Gasteiger partial charge in [0.2, 0.25) is 0 Å². The van der Waals surface area contributed by atoms with Gasteiger partial charge in [-0.1, -0.05) is 24.0 Å². The van der Waals surface area contributed by atoms with Gasteiger partial charge in [-0.2, -0.15) is 0 Å². The summed E-state index contributed by atoms with van der Waals surface area (Å²) in [5, 5.41) is 11.5. The molecule has 0 aromatic heterocycles. The van der Waals surface area contributed by atoms with E-state index in [4.69, 9.17) is 9.84 Å². The van der Waals surface area contributed by atoms with Gasteiger partial charge >= 0.3 is 0 Å². The standard InChI is InChI=1S/C11H13NO2/c1-14-11-7-3-2-6-10(11)12-8-4-5-9-13/h2-3,6-7,12-13H,8-9H2,1H3. The van der Waals surface area contributed by atoms with Gasteiger partial charge in [-0.25, -0.2) is 0 Å². The first-order chi connectivity index (χ1) is 6.88. The Labute approximate surface area is 83.7 Å². The van der Waals surface area contributed by atoms with Crippen LogP contribution in [-0.2, 0) is 0 Å². The molecule has 2 N–H and O–H groups in total. The van der Waals surface area contributed by atoms with E-state index in [2.05, 4.69) is 17.2 Å². The number of benzene rings is 1. The first-order valence-electron chi connectivity index (χ1n) is 4.32. The highest BCUT2D eigenvalue weighted by molar-refractivity contribution is 5.56. The van der Waals surface area contributed by atoms with Crippen molar-refractivity contribution < 1.29 is 9.84 Å². The molecule has 0 fully saturated rings. The minimum absolute atomic E-state index is 0.104. The van der Waals surface area contributed by atoms with E-state index in [0.29, 0.717) is 6.54 Å². The lowest BCUT2D eigenvalue weighted by Gasteiger charge is -2.07. The molecule has 1 rings (SSSR count). The second-order valence-electron chi connectivity index (χ2n) is 2.57. The van der Waals surface area contributed by atoms with Crippen LogP contribution in [0.1, 0.15) is 0 Å². The smallest absolute Gasteiger partial charge is 0.141 e. The number of hydrogen-bond acceptors (Lipinski definition) is 3. The lowest BCUT2D eigenvalue weighted by atomic mass is 10.3. The van der Waals surface area contributed by atoms with Crippen molar-refractivity contribution in [3.8, 4) is 17.6 Å². The number of para-hydroxylation sites is 2. The molecule has 0 spiro atoms. The van der Waals surface area contributed by atoms with E-state index in [9.17, 15) is 0 Å². The fourth-order valence-corrected chi connectivity index (χ4v) is 1.05. The molecule has 0 radical (unpaired) electrons. The lowest BCUT2D eigenvalue weighted by molar-refractivity contribution is 0.350. The summed E-state index contributed by atoms with van der Waals surface area (Å²) in [6.45, 7) is 0.397. The molecule has 3 heteroatoms. The summed E-state index contributed by atoms with van der Waals surface area (Å²) in [6, 6.07) is 7.62. The van der Waals surface area contributed by atoms with Crippen molar-refractivity contribution in [2.75, 3.05) is 25.6 Å². The molecule has 14 heavy (non-hydrogen) atoms. The van der Waals surface area contributed by atoms with Crippen molar-refractivity contribution in [1.29, 1.82) is 0 Å². The van der Waals surface area contributed by atoms with Crippen LogP contribution >= 0.6 is 0 Å².